The minimum Gasteiger partial charge on any atom is -0.444 e. The largest absolute Gasteiger partial charge is 0.444 e. The van der Waals surface area contributed by atoms with Crippen LogP contribution < -0.4 is 10.6 Å². The van der Waals surface area contributed by atoms with E-state index in [0.717, 1.165) is 13.0 Å². The summed E-state index contributed by atoms with van der Waals surface area (Å²) in [5.74, 6) is 0.696. The topological polar surface area (TPSA) is 100 Å². The zero-order valence-corrected chi connectivity index (χ0v) is 15.4. The van der Waals surface area contributed by atoms with Gasteiger partial charge < -0.3 is 20.3 Å². The smallest absolute Gasteiger partial charge is 0.407 e. The second-order valence-corrected chi connectivity index (χ2v) is 8.94. The van der Waals surface area contributed by atoms with Gasteiger partial charge in [-0.25, -0.2) is 13.2 Å². The Balaban J connectivity index is 2.44. The zero-order chi connectivity index (χ0) is 17.7. The van der Waals surface area contributed by atoms with Gasteiger partial charge in [-0.3, -0.25) is 4.99 Å². The number of aliphatic imine (C=N–C) groups is 1. The molecule has 0 aromatic rings. The number of carbonyl (C=O) groups excluding carboxylic acids is 1. The molecule has 1 saturated heterocycles. The molecule has 1 aliphatic rings. The normalized spacial score (nSPS) is 19.6. The Bertz CT molecular complexity index is 539. The number of hydrogen-bond acceptors (Lipinski definition) is 5. The third-order valence-electron chi connectivity index (χ3n) is 3.18. The maximum Gasteiger partial charge on any atom is 0.407 e. The summed E-state index contributed by atoms with van der Waals surface area (Å²) in [4.78, 5) is 17.9. The number of likely N-dealkylation sites (tertiary alicyclic amines) is 1. The van der Waals surface area contributed by atoms with Gasteiger partial charge in [0, 0.05) is 32.9 Å². The maximum atomic E-state index is 11.8. The lowest BCUT2D eigenvalue weighted by Crippen LogP contribution is -2.45. The Labute approximate surface area is 138 Å². The van der Waals surface area contributed by atoms with Crippen molar-refractivity contribution in [1.82, 2.24) is 15.5 Å². The van der Waals surface area contributed by atoms with E-state index < -0.39 is 21.5 Å². The van der Waals surface area contributed by atoms with Gasteiger partial charge in [0.15, 0.2) is 5.96 Å². The Morgan fingerprint density at radius 1 is 1.39 bits per heavy atom. The summed E-state index contributed by atoms with van der Waals surface area (Å²) in [7, 11) is -1.35. The van der Waals surface area contributed by atoms with E-state index in [1.54, 1.807) is 7.05 Å². The average molecular weight is 348 g/mol. The lowest BCUT2D eigenvalue weighted by Gasteiger charge is -2.23. The van der Waals surface area contributed by atoms with E-state index in [4.69, 9.17) is 4.74 Å². The van der Waals surface area contributed by atoms with Gasteiger partial charge in [-0.1, -0.05) is 0 Å². The Hall–Kier alpha value is -1.51. The Kier molecular flexibility index (Phi) is 6.67. The number of alkyl carbamates (subject to hydrolysis) is 1. The van der Waals surface area contributed by atoms with Gasteiger partial charge in [-0.2, -0.15) is 0 Å². The molecule has 1 amide bonds. The molecule has 0 aromatic carbocycles. The fourth-order valence-electron chi connectivity index (χ4n) is 2.23. The molecule has 1 atom stereocenters. The summed E-state index contributed by atoms with van der Waals surface area (Å²) in [5, 5.41) is 5.88. The van der Waals surface area contributed by atoms with Crippen LogP contribution in [0.5, 0.6) is 0 Å². The van der Waals surface area contributed by atoms with Crippen LogP contribution in [-0.4, -0.2) is 75.7 Å². The molecule has 0 aromatic heterocycles. The van der Waals surface area contributed by atoms with Crippen LogP contribution in [0, 0.1) is 0 Å². The lowest BCUT2D eigenvalue weighted by molar-refractivity contribution is 0.0507. The fourth-order valence-corrected chi connectivity index (χ4v) is 2.70. The van der Waals surface area contributed by atoms with E-state index in [-0.39, 0.29) is 11.8 Å². The Morgan fingerprint density at radius 3 is 2.57 bits per heavy atom. The van der Waals surface area contributed by atoms with Crippen LogP contribution in [0.15, 0.2) is 4.99 Å². The molecule has 9 heteroatoms. The fraction of sp³-hybridized carbons (Fsp3) is 0.857. The molecule has 0 spiro atoms. The lowest BCUT2D eigenvalue weighted by atomic mass is 10.2. The molecular formula is C14H28N4O4S. The van der Waals surface area contributed by atoms with Crippen molar-refractivity contribution in [3.63, 3.8) is 0 Å². The molecule has 1 heterocycles. The summed E-state index contributed by atoms with van der Waals surface area (Å²) < 4.78 is 27.6. The highest BCUT2D eigenvalue weighted by molar-refractivity contribution is 7.90. The summed E-state index contributed by atoms with van der Waals surface area (Å²) in [6, 6.07) is -0.0155. The number of hydrogen-bond donors (Lipinski definition) is 2. The quantitative estimate of drug-likeness (QED) is 0.556. The highest BCUT2D eigenvalue weighted by Crippen LogP contribution is 2.11. The summed E-state index contributed by atoms with van der Waals surface area (Å²) in [6.07, 6.45) is 1.56. The van der Waals surface area contributed by atoms with Gasteiger partial charge >= 0.3 is 6.09 Å². The van der Waals surface area contributed by atoms with Crippen LogP contribution >= 0.6 is 0 Å². The molecular weight excluding hydrogens is 320 g/mol. The summed E-state index contributed by atoms with van der Waals surface area (Å²) in [6.45, 7) is 7.12. The predicted octanol–water partition coefficient (Wildman–Crippen LogP) is 0.205. The minimum atomic E-state index is -3.01. The van der Waals surface area contributed by atoms with Crippen molar-refractivity contribution < 1.29 is 17.9 Å². The van der Waals surface area contributed by atoms with Gasteiger partial charge in [0.1, 0.15) is 15.4 Å². The first-order chi connectivity index (χ1) is 10.5. The molecule has 1 rings (SSSR count). The van der Waals surface area contributed by atoms with Crippen molar-refractivity contribution in [1.29, 1.82) is 0 Å². The third-order valence-corrected chi connectivity index (χ3v) is 4.12. The first-order valence-corrected chi connectivity index (χ1v) is 9.69. The molecule has 0 radical (unpaired) electrons. The van der Waals surface area contributed by atoms with Gasteiger partial charge in [-0.05, 0) is 27.2 Å². The van der Waals surface area contributed by atoms with Crippen LogP contribution in [0.1, 0.15) is 27.2 Å². The van der Waals surface area contributed by atoms with Gasteiger partial charge in [0.25, 0.3) is 0 Å². The van der Waals surface area contributed by atoms with E-state index in [0.29, 0.717) is 19.0 Å². The van der Waals surface area contributed by atoms with Crippen LogP contribution in [0.4, 0.5) is 4.79 Å². The summed E-state index contributed by atoms with van der Waals surface area (Å²) >= 11 is 0. The highest BCUT2D eigenvalue weighted by atomic mass is 32.2. The zero-order valence-electron chi connectivity index (χ0n) is 14.5. The predicted molar refractivity (Wildman–Crippen MR) is 90.4 cm³/mol. The van der Waals surface area contributed by atoms with Crippen LogP contribution in [0.2, 0.25) is 0 Å². The molecule has 0 bridgehead atoms. The van der Waals surface area contributed by atoms with Crippen LogP contribution in [-0.2, 0) is 14.6 Å². The standard InChI is InChI=1S/C14H28N4O4S/c1-14(2,3)22-13(19)17-11-6-8-18(10-11)12(15-4)16-7-9-23(5,20)21/h11H,6-10H2,1-5H3,(H,15,16)(H,17,19). The van der Waals surface area contributed by atoms with E-state index >= 15 is 0 Å². The summed E-state index contributed by atoms with van der Waals surface area (Å²) in [5.41, 5.74) is -0.522. The Morgan fingerprint density at radius 2 is 2.04 bits per heavy atom. The van der Waals surface area contributed by atoms with E-state index in [9.17, 15) is 13.2 Å². The molecule has 8 nitrogen and oxygen atoms in total. The SMILES string of the molecule is CN=C(NCCS(C)(=O)=O)N1CCC(NC(=O)OC(C)(C)C)C1. The van der Waals surface area contributed by atoms with Crippen molar-refractivity contribution >= 4 is 21.9 Å². The van der Waals surface area contributed by atoms with Gasteiger partial charge in [-0.15, -0.1) is 0 Å². The third kappa shape index (κ3) is 8.06. The monoisotopic (exact) mass is 348 g/mol. The second-order valence-electron chi connectivity index (χ2n) is 6.68. The van der Waals surface area contributed by atoms with Gasteiger partial charge in [0.05, 0.1) is 11.8 Å². The number of nitrogens with zero attached hydrogens (tertiary/aromatic N) is 2. The molecule has 0 saturated carbocycles. The molecule has 23 heavy (non-hydrogen) atoms. The molecule has 134 valence electrons. The number of nitrogens with one attached hydrogen (secondary N) is 2. The number of carbonyl (C=O) groups is 1. The second kappa shape index (κ2) is 7.85. The number of amides is 1. The minimum absolute atomic E-state index is 0.0155. The number of guanidine groups is 1. The highest BCUT2D eigenvalue weighted by Gasteiger charge is 2.27. The van der Waals surface area contributed by atoms with Crippen molar-refractivity contribution in [2.75, 3.05) is 38.7 Å². The number of sulfone groups is 1. The molecule has 2 N–H and O–H groups in total. The van der Waals surface area contributed by atoms with Crippen molar-refractivity contribution in [2.45, 2.75) is 38.8 Å². The number of ether oxygens (including phenoxy) is 1. The molecule has 1 aliphatic heterocycles. The van der Waals surface area contributed by atoms with E-state index in [1.165, 1.54) is 6.26 Å². The van der Waals surface area contributed by atoms with Crippen molar-refractivity contribution in [3.05, 3.63) is 0 Å². The van der Waals surface area contributed by atoms with Gasteiger partial charge in [0.2, 0.25) is 0 Å². The molecule has 1 unspecified atom stereocenters. The van der Waals surface area contributed by atoms with Crippen molar-refractivity contribution in [3.8, 4) is 0 Å². The first kappa shape index (κ1) is 19.5. The molecule has 1 fully saturated rings. The van der Waals surface area contributed by atoms with E-state index in [2.05, 4.69) is 15.6 Å². The first-order valence-electron chi connectivity index (χ1n) is 7.63. The van der Waals surface area contributed by atoms with Crippen LogP contribution in [0.25, 0.3) is 0 Å². The van der Waals surface area contributed by atoms with Crippen molar-refractivity contribution in [2.24, 2.45) is 4.99 Å². The molecule has 0 aliphatic carbocycles. The maximum absolute atomic E-state index is 11.8. The average Bonchev–Trinajstić information content (AvgIpc) is 2.79. The van der Waals surface area contributed by atoms with Crippen LogP contribution in [0.3, 0.4) is 0 Å². The number of rotatable bonds is 4. The van der Waals surface area contributed by atoms with E-state index in [1.807, 2.05) is 25.7 Å².